The lowest BCUT2D eigenvalue weighted by molar-refractivity contribution is -0.119. The van der Waals surface area contributed by atoms with E-state index in [9.17, 15) is 9.59 Å². The first kappa shape index (κ1) is 17.1. The van der Waals surface area contributed by atoms with E-state index >= 15 is 0 Å². The Bertz CT molecular complexity index is 566. The van der Waals surface area contributed by atoms with Crippen molar-refractivity contribution in [3.8, 4) is 5.75 Å². The van der Waals surface area contributed by atoms with Gasteiger partial charge in [-0.1, -0.05) is 12.1 Å². The van der Waals surface area contributed by atoms with Crippen molar-refractivity contribution in [2.75, 3.05) is 39.3 Å². The summed E-state index contributed by atoms with van der Waals surface area (Å²) in [5.74, 6) is 0.902. The fourth-order valence-corrected chi connectivity index (χ4v) is 2.60. The Morgan fingerprint density at radius 2 is 1.83 bits per heavy atom. The van der Waals surface area contributed by atoms with Crippen molar-refractivity contribution in [3.05, 3.63) is 28.8 Å². The number of piperazine rings is 1. The number of carbonyl (C=O) groups is 2. The third-order valence-corrected chi connectivity index (χ3v) is 4.25. The lowest BCUT2D eigenvalue weighted by Crippen LogP contribution is -2.51. The van der Waals surface area contributed by atoms with Gasteiger partial charge in [0.2, 0.25) is 6.41 Å². The van der Waals surface area contributed by atoms with Crippen LogP contribution < -0.4 is 10.1 Å². The molecule has 0 saturated carbocycles. The number of benzene rings is 1. The molecule has 1 aromatic carbocycles. The summed E-state index contributed by atoms with van der Waals surface area (Å²) in [5, 5.41) is 2.86. The molecule has 3 amide bonds. The summed E-state index contributed by atoms with van der Waals surface area (Å²) in [5.41, 5.74) is 3.44. The van der Waals surface area contributed by atoms with Gasteiger partial charge in [-0.2, -0.15) is 0 Å². The molecule has 0 atom stereocenters. The summed E-state index contributed by atoms with van der Waals surface area (Å²) >= 11 is 0. The van der Waals surface area contributed by atoms with Gasteiger partial charge in [0, 0.05) is 26.2 Å². The maximum absolute atomic E-state index is 12.0. The maximum Gasteiger partial charge on any atom is 0.317 e. The lowest BCUT2D eigenvalue weighted by atomic mass is 10.1. The fraction of sp³-hybridized carbons (Fsp3) is 0.529. The Hall–Kier alpha value is -2.24. The van der Waals surface area contributed by atoms with Gasteiger partial charge in [0.05, 0.1) is 6.54 Å². The summed E-state index contributed by atoms with van der Waals surface area (Å²) in [7, 11) is 0. The first-order valence-electron chi connectivity index (χ1n) is 7.94. The second-order valence-corrected chi connectivity index (χ2v) is 5.86. The molecule has 126 valence electrons. The number of nitrogens with zero attached hydrogens (tertiary/aromatic N) is 2. The molecule has 0 radical (unpaired) electrons. The smallest absolute Gasteiger partial charge is 0.317 e. The van der Waals surface area contributed by atoms with E-state index in [1.54, 1.807) is 9.80 Å². The Morgan fingerprint density at radius 1 is 1.17 bits per heavy atom. The standard InChI is InChI=1S/C17H25N3O3/c1-13-4-5-14(2)16(15(13)3)23-11-6-18-17(22)20-9-7-19(12-21)8-10-20/h4-5,12H,6-11H2,1-3H3,(H,18,22). The molecule has 1 N–H and O–H groups in total. The number of nitrogens with one attached hydrogen (secondary N) is 1. The van der Waals surface area contributed by atoms with E-state index < -0.39 is 0 Å². The van der Waals surface area contributed by atoms with E-state index in [2.05, 4.69) is 18.3 Å². The first-order valence-corrected chi connectivity index (χ1v) is 7.94. The van der Waals surface area contributed by atoms with E-state index in [0.717, 1.165) is 23.3 Å². The van der Waals surface area contributed by atoms with Crippen molar-refractivity contribution in [1.29, 1.82) is 0 Å². The summed E-state index contributed by atoms with van der Waals surface area (Å²) in [4.78, 5) is 26.1. The molecule has 1 aromatic rings. The van der Waals surface area contributed by atoms with Gasteiger partial charge in [0.25, 0.3) is 0 Å². The SMILES string of the molecule is Cc1ccc(C)c(OCCNC(=O)N2CCN(C=O)CC2)c1C. The van der Waals surface area contributed by atoms with Gasteiger partial charge in [-0.15, -0.1) is 0 Å². The second-order valence-electron chi connectivity index (χ2n) is 5.86. The molecule has 0 spiro atoms. The highest BCUT2D eigenvalue weighted by molar-refractivity contribution is 5.74. The average molecular weight is 319 g/mol. The van der Waals surface area contributed by atoms with Crippen LogP contribution in [-0.2, 0) is 4.79 Å². The summed E-state index contributed by atoms with van der Waals surface area (Å²) < 4.78 is 5.83. The van der Waals surface area contributed by atoms with Crippen LogP contribution in [0.15, 0.2) is 12.1 Å². The van der Waals surface area contributed by atoms with Crippen LogP contribution >= 0.6 is 0 Å². The van der Waals surface area contributed by atoms with Crippen molar-refractivity contribution < 1.29 is 14.3 Å². The van der Waals surface area contributed by atoms with Crippen LogP contribution in [0.1, 0.15) is 16.7 Å². The minimum atomic E-state index is -0.100. The van der Waals surface area contributed by atoms with Crippen LogP contribution in [0, 0.1) is 20.8 Å². The quantitative estimate of drug-likeness (QED) is 0.660. The molecule has 6 heteroatoms. The van der Waals surface area contributed by atoms with Gasteiger partial charge in [-0.25, -0.2) is 4.79 Å². The summed E-state index contributed by atoms with van der Waals surface area (Å²) in [6.07, 6.45) is 0.829. The molecule has 0 aromatic heterocycles. The fourth-order valence-electron chi connectivity index (χ4n) is 2.60. The van der Waals surface area contributed by atoms with Gasteiger partial charge in [0.15, 0.2) is 0 Å². The third kappa shape index (κ3) is 4.37. The Morgan fingerprint density at radius 3 is 2.48 bits per heavy atom. The van der Waals surface area contributed by atoms with E-state index in [1.807, 2.05) is 19.9 Å². The van der Waals surface area contributed by atoms with Crippen LogP contribution in [0.5, 0.6) is 5.75 Å². The minimum absolute atomic E-state index is 0.100. The van der Waals surface area contributed by atoms with Crippen molar-refractivity contribution in [2.45, 2.75) is 20.8 Å². The van der Waals surface area contributed by atoms with Gasteiger partial charge >= 0.3 is 6.03 Å². The zero-order chi connectivity index (χ0) is 16.8. The molecule has 0 aliphatic carbocycles. The number of ether oxygens (including phenoxy) is 1. The molecule has 1 fully saturated rings. The van der Waals surface area contributed by atoms with Crippen LogP contribution in [0.3, 0.4) is 0 Å². The third-order valence-electron chi connectivity index (χ3n) is 4.25. The first-order chi connectivity index (χ1) is 11.0. The Kier molecular flexibility index (Phi) is 5.84. The number of rotatable bonds is 5. The van der Waals surface area contributed by atoms with Gasteiger partial charge in [0.1, 0.15) is 12.4 Å². The number of hydrogen-bond acceptors (Lipinski definition) is 3. The predicted octanol–water partition coefficient (Wildman–Crippen LogP) is 1.47. The predicted molar refractivity (Wildman–Crippen MR) is 88.8 cm³/mol. The van der Waals surface area contributed by atoms with Crippen LogP contribution in [-0.4, -0.2) is 61.6 Å². The largest absolute Gasteiger partial charge is 0.491 e. The van der Waals surface area contributed by atoms with Gasteiger partial charge in [-0.05, 0) is 37.5 Å². The Balaban J connectivity index is 1.75. The van der Waals surface area contributed by atoms with E-state index in [-0.39, 0.29) is 6.03 Å². The van der Waals surface area contributed by atoms with Crippen LogP contribution in [0.4, 0.5) is 4.79 Å². The zero-order valence-electron chi connectivity index (χ0n) is 14.1. The number of hydrogen-bond donors (Lipinski definition) is 1. The monoisotopic (exact) mass is 319 g/mol. The molecule has 1 saturated heterocycles. The lowest BCUT2D eigenvalue weighted by Gasteiger charge is -2.32. The van der Waals surface area contributed by atoms with Crippen LogP contribution in [0.2, 0.25) is 0 Å². The number of urea groups is 1. The summed E-state index contributed by atoms with van der Waals surface area (Å²) in [6, 6.07) is 4.03. The van der Waals surface area contributed by atoms with Gasteiger partial charge in [-0.3, -0.25) is 4.79 Å². The number of amides is 3. The highest BCUT2D eigenvalue weighted by Gasteiger charge is 2.19. The molecule has 0 unspecified atom stereocenters. The van der Waals surface area contributed by atoms with E-state index in [0.29, 0.717) is 39.3 Å². The molecule has 23 heavy (non-hydrogen) atoms. The zero-order valence-corrected chi connectivity index (χ0v) is 14.1. The number of carbonyl (C=O) groups excluding carboxylic acids is 2. The highest BCUT2D eigenvalue weighted by atomic mass is 16.5. The van der Waals surface area contributed by atoms with E-state index in [1.165, 1.54) is 5.56 Å². The molecule has 1 aliphatic heterocycles. The summed E-state index contributed by atoms with van der Waals surface area (Å²) in [6.45, 7) is 9.34. The van der Waals surface area contributed by atoms with Crippen molar-refractivity contribution in [3.63, 3.8) is 0 Å². The van der Waals surface area contributed by atoms with Crippen LogP contribution in [0.25, 0.3) is 0 Å². The van der Waals surface area contributed by atoms with Gasteiger partial charge < -0.3 is 19.9 Å². The maximum atomic E-state index is 12.0. The van der Waals surface area contributed by atoms with E-state index in [4.69, 9.17) is 4.74 Å². The second kappa shape index (κ2) is 7.85. The molecule has 1 heterocycles. The molecule has 1 aliphatic rings. The molecule has 2 rings (SSSR count). The molecule has 6 nitrogen and oxygen atoms in total. The molecule has 0 bridgehead atoms. The molecular weight excluding hydrogens is 294 g/mol. The Labute approximate surface area is 137 Å². The average Bonchev–Trinajstić information content (AvgIpc) is 2.57. The topological polar surface area (TPSA) is 61.9 Å². The highest BCUT2D eigenvalue weighted by Crippen LogP contribution is 2.25. The normalized spacial score (nSPS) is 14.6. The number of aryl methyl sites for hydroxylation is 2. The molecular formula is C17H25N3O3. The minimum Gasteiger partial charge on any atom is -0.491 e. The van der Waals surface area contributed by atoms with Crippen molar-refractivity contribution in [2.24, 2.45) is 0 Å². The van der Waals surface area contributed by atoms with Crippen molar-refractivity contribution in [1.82, 2.24) is 15.1 Å². The van der Waals surface area contributed by atoms with Crippen molar-refractivity contribution >= 4 is 12.4 Å².